The minimum atomic E-state index is -0.885. The molecule has 0 spiro atoms. The van der Waals surface area contributed by atoms with Crippen LogP contribution in [0.15, 0.2) is 60.8 Å². The Morgan fingerprint density at radius 2 is 2.03 bits per heavy atom. The van der Waals surface area contributed by atoms with Crippen molar-refractivity contribution in [1.82, 2.24) is 14.8 Å². The summed E-state index contributed by atoms with van der Waals surface area (Å²) in [6, 6.07) is 15.1. The van der Waals surface area contributed by atoms with Gasteiger partial charge in [0.2, 0.25) is 0 Å². The summed E-state index contributed by atoms with van der Waals surface area (Å²) in [5.41, 5.74) is 2.89. The third-order valence-corrected chi connectivity index (χ3v) is 5.02. The van der Waals surface area contributed by atoms with E-state index in [-0.39, 0.29) is 24.0 Å². The summed E-state index contributed by atoms with van der Waals surface area (Å²) in [5.74, 6) is -0.0642. The summed E-state index contributed by atoms with van der Waals surface area (Å²) >= 11 is 0. The van der Waals surface area contributed by atoms with Crippen LogP contribution in [-0.2, 0) is 11.4 Å². The van der Waals surface area contributed by atoms with Crippen molar-refractivity contribution in [1.29, 1.82) is 0 Å². The summed E-state index contributed by atoms with van der Waals surface area (Å²) in [6.07, 6.45) is 1.50. The van der Waals surface area contributed by atoms with Gasteiger partial charge in [-0.2, -0.15) is 4.68 Å². The minimum Gasteiger partial charge on any atom is -0.423 e. The van der Waals surface area contributed by atoms with Crippen molar-refractivity contribution < 1.29 is 19.5 Å². The molecule has 4 rings (SSSR count). The number of hydrogen-bond acceptors (Lipinski definition) is 7. The van der Waals surface area contributed by atoms with Gasteiger partial charge in [0.05, 0.1) is 22.8 Å². The molecule has 0 saturated heterocycles. The third-order valence-electron chi connectivity index (χ3n) is 5.02. The third kappa shape index (κ3) is 4.68. The van der Waals surface area contributed by atoms with Crippen LogP contribution in [0.1, 0.15) is 35.8 Å². The molecule has 170 valence electrons. The number of aromatic nitrogens is 3. The Kier molecular flexibility index (Phi) is 6.18. The lowest BCUT2D eigenvalue weighted by Crippen LogP contribution is -2.09. The first-order valence-electron chi connectivity index (χ1n) is 10.3. The van der Waals surface area contributed by atoms with Crippen LogP contribution in [0.5, 0.6) is 5.75 Å². The van der Waals surface area contributed by atoms with E-state index >= 15 is 0 Å². The molecular formula is C24H19N5O5. The Morgan fingerprint density at radius 3 is 2.76 bits per heavy atom. The predicted molar refractivity (Wildman–Crippen MR) is 123 cm³/mol. The Morgan fingerprint density at radius 1 is 1.21 bits per heavy atom. The van der Waals surface area contributed by atoms with E-state index in [4.69, 9.17) is 11.3 Å². The SMILES string of the molecule is [C-]#[N+]c1nn(C(C)C)c2ccc(-c3cc(C(=O)Oc4cccc(CO[N+](=O)[O-])c4)ccn3)cc12. The lowest BCUT2D eigenvalue weighted by Gasteiger charge is -2.08. The number of hydrogen-bond donors (Lipinski definition) is 0. The van der Waals surface area contributed by atoms with E-state index in [1.165, 1.54) is 18.3 Å². The van der Waals surface area contributed by atoms with Gasteiger partial charge in [-0.1, -0.05) is 30.8 Å². The van der Waals surface area contributed by atoms with E-state index in [1.807, 2.05) is 32.0 Å². The summed E-state index contributed by atoms with van der Waals surface area (Å²) in [5, 5.41) is 14.6. The molecule has 0 aliphatic carbocycles. The van der Waals surface area contributed by atoms with Crippen molar-refractivity contribution in [3.8, 4) is 17.0 Å². The fourth-order valence-corrected chi connectivity index (χ4v) is 3.47. The molecule has 34 heavy (non-hydrogen) atoms. The average Bonchev–Trinajstić information content (AvgIpc) is 3.21. The maximum absolute atomic E-state index is 12.7. The molecule has 0 atom stereocenters. The molecule has 0 saturated carbocycles. The van der Waals surface area contributed by atoms with Crippen molar-refractivity contribution in [2.45, 2.75) is 26.5 Å². The largest absolute Gasteiger partial charge is 0.423 e. The Hall–Kier alpha value is -4.78. The zero-order valence-electron chi connectivity index (χ0n) is 18.3. The highest BCUT2D eigenvalue weighted by Crippen LogP contribution is 2.31. The summed E-state index contributed by atoms with van der Waals surface area (Å²) < 4.78 is 7.23. The van der Waals surface area contributed by atoms with Crippen LogP contribution in [0, 0.1) is 16.7 Å². The average molecular weight is 457 g/mol. The van der Waals surface area contributed by atoms with Gasteiger partial charge in [-0.3, -0.25) is 4.98 Å². The monoisotopic (exact) mass is 457 g/mol. The van der Waals surface area contributed by atoms with Gasteiger partial charge in [-0.15, -0.1) is 10.1 Å². The molecule has 0 fully saturated rings. The number of pyridine rings is 1. The molecule has 0 bridgehead atoms. The molecule has 0 aliphatic rings. The van der Waals surface area contributed by atoms with Crippen molar-refractivity contribution in [2.24, 2.45) is 0 Å². The zero-order chi connectivity index (χ0) is 24.2. The van der Waals surface area contributed by atoms with Crippen LogP contribution in [0.3, 0.4) is 0 Å². The lowest BCUT2D eigenvalue weighted by molar-refractivity contribution is -0.763. The van der Waals surface area contributed by atoms with Gasteiger partial charge in [0.15, 0.2) is 0 Å². The van der Waals surface area contributed by atoms with Crippen LogP contribution in [0.2, 0.25) is 0 Å². The van der Waals surface area contributed by atoms with E-state index in [9.17, 15) is 14.9 Å². The number of fused-ring (bicyclic) bond motifs is 1. The topological polar surface area (TPSA) is 114 Å². The van der Waals surface area contributed by atoms with Gasteiger partial charge in [0.1, 0.15) is 12.4 Å². The normalized spacial score (nSPS) is 10.8. The summed E-state index contributed by atoms with van der Waals surface area (Å²) in [7, 11) is 0. The first-order chi connectivity index (χ1) is 16.4. The van der Waals surface area contributed by atoms with Gasteiger partial charge in [-0.25, -0.2) is 4.79 Å². The Labute approximate surface area is 194 Å². The quantitative estimate of drug-likeness (QED) is 0.124. The van der Waals surface area contributed by atoms with Gasteiger partial charge in [0.25, 0.3) is 5.09 Å². The predicted octanol–water partition coefficient (Wildman–Crippen LogP) is 5.16. The van der Waals surface area contributed by atoms with Crippen molar-refractivity contribution >= 4 is 22.7 Å². The number of carbonyl (C=O) groups excluding carboxylic acids is 1. The second kappa shape index (κ2) is 9.38. The zero-order valence-corrected chi connectivity index (χ0v) is 18.3. The van der Waals surface area contributed by atoms with Crippen LogP contribution in [0.25, 0.3) is 27.0 Å². The molecule has 10 nitrogen and oxygen atoms in total. The molecule has 0 unspecified atom stereocenters. The standard InChI is InChI=1S/C24H19N5O5/c1-15(2)28-22-8-7-17(12-20(22)23(25-3)27-28)21-13-18(9-10-26-21)24(30)34-19-6-4-5-16(11-19)14-33-29(31)32/h4-13,15H,14H2,1-2H3. The van der Waals surface area contributed by atoms with Gasteiger partial charge >= 0.3 is 11.8 Å². The molecule has 0 N–H and O–H groups in total. The number of nitrogens with zero attached hydrogens (tertiary/aromatic N) is 5. The molecule has 0 aliphatic heterocycles. The highest BCUT2D eigenvalue weighted by atomic mass is 16.9. The van der Waals surface area contributed by atoms with Crippen LogP contribution in [-0.4, -0.2) is 25.8 Å². The molecule has 2 aromatic carbocycles. The Bertz CT molecular complexity index is 1440. The fraction of sp³-hybridized carbons (Fsp3) is 0.167. The van der Waals surface area contributed by atoms with Crippen molar-refractivity contribution in [3.05, 3.63) is 93.5 Å². The summed E-state index contributed by atoms with van der Waals surface area (Å²) in [6.45, 7) is 11.2. The van der Waals surface area contributed by atoms with Gasteiger partial charge in [0, 0.05) is 11.6 Å². The van der Waals surface area contributed by atoms with Crippen LogP contribution >= 0.6 is 0 Å². The first kappa shape index (κ1) is 22.4. The second-order valence-corrected chi connectivity index (χ2v) is 7.67. The number of carbonyl (C=O) groups is 1. The minimum absolute atomic E-state index is 0.102. The molecule has 2 heterocycles. The Balaban J connectivity index is 1.59. The summed E-state index contributed by atoms with van der Waals surface area (Å²) in [4.78, 5) is 35.4. The van der Waals surface area contributed by atoms with Gasteiger partial charge in [-0.05, 0) is 60.4 Å². The van der Waals surface area contributed by atoms with Crippen molar-refractivity contribution in [2.75, 3.05) is 0 Å². The number of esters is 1. The molecule has 0 amide bonds. The molecule has 2 aromatic heterocycles. The van der Waals surface area contributed by atoms with Crippen molar-refractivity contribution in [3.63, 3.8) is 0 Å². The second-order valence-electron chi connectivity index (χ2n) is 7.67. The number of benzene rings is 2. The van der Waals surface area contributed by atoms with Crippen LogP contribution < -0.4 is 4.74 Å². The smallest absolute Gasteiger partial charge is 0.343 e. The van der Waals surface area contributed by atoms with E-state index < -0.39 is 11.1 Å². The molecular weight excluding hydrogens is 438 g/mol. The van der Waals surface area contributed by atoms with E-state index in [0.29, 0.717) is 22.5 Å². The number of ether oxygens (including phenoxy) is 1. The van der Waals surface area contributed by atoms with E-state index in [2.05, 4.69) is 19.8 Å². The van der Waals surface area contributed by atoms with E-state index in [0.717, 1.165) is 11.1 Å². The fourth-order valence-electron chi connectivity index (χ4n) is 3.47. The molecule has 10 heteroatoms. The lowest BCUT2D eigenvalue weighted by atomic mass is 10.1. The molecule has 0 radical (unpaired) electrons. The van der Waals surface area contributed by atoms with Crippen LogP contribution in [0.4, 0.5) is 5.82 Å². The highest BCUT2D eigenvalue weighted by molar-refractivity contribution is 5.95. The van der Waals surface area contributed by atoms with E-state index in [1.54, 1.807) is 28.9 Å². The maximum Gasteiger partial charge on any atom is 0.343 e. The highest BCUT2D eigenvalue weighted by Gasteiger charge is 2.17. The molecule has 4 aromatic rings. The van der Waals surface area contributed by atoms with Gasteiger partial charge < -0.3 is 14.4 Å². The number of rotatable bonds is 7. The first-order valence-corrected chi connectivity index (χ1v) is 10.3. The maximum atomic E-state index is 12.7.